The Balaban J connectivity index is 0.00000320. The number of nitrogens with one attached hydrogen (secondary N) is 1. The van der Waals surface area contributed by atoms with E-state index in [0.717, 1.165) is 89.2 Å². The molecule has 3 rings (SSSR count). The van der Waals surface area contributed by atoms with Gasteiger partial charge in [0.1, 0.15) is 0 Å². The Morgan fingerprint density at radius 3 is 2.67 bits per heavy atom. The number of hydrogen-bond acceptors (Lipinski definition) is 3. The zero-order valence-electron chi connectivity index (χ0n) is 18.1. The van der Waals surface area contributed by atoms with Crippen molar-refractivity contribution >= 4 is 35.6 Å². The van der Waals surface area contributed by atoms with Gasteiger partial charge in [-0.15, -0.1) is 24.0 Å². The number of halogens is 3. The summed E-state index contributed by atoms with van der Waals surface area (Å²) in [6.07, 6.45) is 4.48. The van der Waals surface area contributed by atoms with Crippen molar-refractivity contribution < 1.29 is 13.5 Å². The fraction of sp³-hybridized carbons (Fsp3) is 0.682. The van der Waals surface area contributed by atoms with Crippen LogP contribution >= 0.6 is 24.0 Å². The van der Waals surface area contributed by atoms with Gasteiger partial charge in [0.05, 0.1) is 0 Å². The standard InChI is InChI=1S/C22H34F2N4O.HI/c1-3-25-22(27(2)10-6-17-8-12-29-13-9-17)26-15-18-7-11-28(16-18)19-4-5-20(23)21(24)14-19;/h4-5,14,17-18H,3,6-13,15-16H2,1-2H3,(H,25,26);1H. The van der Waals surface area contributed by atoms with Crippen LogP contribution in [0.5, 0.6) is 0 Å². The van der Waals surface area contributed by atoms with Crippen LogP contribution in [0.15, 0.2) is 23.2 Å². The van der Waals surface area contributed by atoms with Gasteiger partial charge in [0.2, 0.25) is 0 Å². The van der Waals surface area contributed by atoms with Gasteiger partial charge in [-0.25, -0.2) is 8.78 Å². The molecule has 2 heterocycles. The fourth-order valence-corrected chi connectivity index (χ4v) is 4.10. The molecular formula is C22H35F2IN4O. The minimum atomic E-state index is -0.798. The van der Waals surface area contributed by atoms with Gasteiger partial charge < -0.3 is 19.9 Å². The molecule has 1 atom stereocenters. The molecule has 0 saturated carbocycles. The van der Waals surface area contributed by atoms with Crippen LogP contribution in [0.4, 0.5) is 14.5 Å². The summed E-state index contributed by atoms with van der Waals surface area (Å²) in [7, 11) is 2.10. The maximum Gasteiger partial charge on any atom is 0.193 e. The molecule has 0 radical (unpaired) electrons. The summed E-state index contributed by atoms with van der Waals surface area (Å²) >= 11 is 0. The van der Waals surface area contributed by atoms with E-state index in [9.17, 15) is 8.78 Å². The second-order valence-electron chi connectivity index (χ2n) is 8.16. The van der Waals surface area contributed by atoms with E-state index in [1.807, 2.05) is 0 Å². The third-order valence-corrected chi connectivity index (χ3v) is 5.96. The van der Waals surface area contributed by atoms with Gasteiger partial charge in [-0.05, 0) is 56.6 Å². The Kier molecular flexibility index (Phi) is 10.6. The lowest BCUT2D eigenvalue weighted by Crippen LogP contribution is -2.40. The van der Waals surface area contributed by atoms with Crippen LogP contribution in [0.1, 0.15) is 32.6 Å². The highest BCUT2D eigenvalue weighted by Gasteiger charge is 2.23. The van der Waals surface area contributed by atoms with E-state index < -0.39 is 11.6 Å². The average molecular weight is 536 g/mol. The summed E-state index contributed by atoms with van der Waals surface area (Å²) in [5, 5.41) is 3.40. The molecule has 0 aromatic heterocycles. The molecule has 2 aliphatic heterocycles. The molecule has 2 aliphatic rings. The zero-order chi connectivity index (χ0) is 20.6. The molecule has 2 fully saturated rings. The summed E-state index contributed by atoms with van der Waals surface area (Å²) in [6, 6.07) is 4.14. The lowest BCUT2D eigenvalue weighted by Gasteiger charge is -2.27. The maximum atomic E-state index is 13.5. The highest BCUT2D eigenvalue weighted by atomic mass is 127. The smallest absolute Gasteiger partial charge is 0.193 e. The SMILES string of the molecule is CCNC(=NCC1CCN(c2ccc(F)c(F)c2)C1)N(C)CCC1CCOCC1.I. The number of nitrogens with zero attached hydrogens (tertiary/aromatic N) is 3. The lowest BCUT2D eigenvalue weighted by atomic mass is 9.96. The molecule has 1 aromatic carbocycles. The van der Waals surface area contributed by atoms with Crippen molar-refractivity contribution in [2.45, 2.75) is 32.6 Å². The topological polar surface area (TPSA) is 40.1 Å². The summed E-state index contributed by atoms with van der Waals surface area (Å²) in [4.78, 5) is 9.20. The van der Waals surface area contributed by atoms with E-state index in [1.165, 1.54) is 12.1 Å². The lowest BCUT2D eigenvalue weighted by molar-refractivity contribution is 0.0625. The molecule has 0 spiro atoms. The van der Waals surface area contributed by atoms with E-state index in [2.05, 4.69) is 29.1 Å². The second-order valence-corrected chi connectivity index (χ2v) is 8.16. The second kappa shape index (κ2) is 12.6. The Morgan fingerprint density at radius 1 is 1.20 bits per heavy atom. The van der Waals surface area contributed by atoms with Gasteiger partial charge in [-0.3, -0.25) is 4.99 Å². The highest BCUT2D eigenvalue weighted by molar-refractivity contribution is 14.0. The number of benzene rings is 1. The Labute approximate surface area is 196 Å². The summed E-state index contributed by atoms with van der Waals surface area (Å²) in [6.45, 7) is 8.10. The Hall–Kier alpha value is -1.16. The first-order chi connectivity index (χ1) is 14.1. The predicted octanol–water partition coefficient (Wildman–Crippen LogP) is 4.12. The normalized spacial score (nSPS) is 20.2. The van der Waals surface area contributed by atoms with Crippen LogP contribution < -0.4 is 10.2 Å². The molecule has 5 nitrogen and oxygen atoms in total. The van der Waals surface area contributed by atoms with Gasteiger partial charge in [-0.2, -0.15) is 0 Å². The molecule has 1 unspecified atom stereocenters. The summed E-state index contributed by atoms with van der Waals surface area (Å²) < 4.78 is 32.1. The monoisotopic (exact) mass is 536 g/mol. The fourth-order valence-electron chi connectivity index (χ4n) is 4.10. The molecular weight excluding hydrogens is 501 g/mol. The maximum absolute atomic E-state index is 13.5. The highest BCUT2D eigenvalue weighted by Crippen LogP contribution is 2.25. The van der Waals surface area contributed by atoms with Crippen molar-refractivity contribution in [3.63, 3.8) is 0 Å². The molecule has 1 aromatic rings. The van der Waals surface area contributed by atoms with Gasteiger partial charge in [0.25, 0.3) is 0 Å². The molecule has 0 amide bonds. The molecule has 170 valence electrons. The third-order valence-electron chi connectivity index (χ3n) is 5.96. The first-order valence-corrected chi connectivity index (χ1v) is 10.8. The van der Waals surface area contributed by atoms with Crippen LogP contribution in [0.3, 0.4) is 0 Å². The van der Waals surface area contributed by atoms with E-state index in [4.69, 9.17) is 9.73 Å². The third kappa shape index (κ3) is 7.21. The largest absolute Gasteiger partial charge is 0.381 e. The zero-order valence-corrected chi connectivity index (χ0v) is 20.4. The average Bonchev–Trinajstić information content (AvgIpc) is 3.21. The molecule has 0 bridgehead atoms. The summed E-state index contributed by atoms with van der Waals surface area (Å²) in [5.74, 6) is 0.526. The van der Waals surface area contributed by atoms with Crippen molar-refractivity contribution in [1.29, 1.82) is 0 Å². The first kappa shape index (κ1) is 25.1. The molecule has 0 aliphatic carbocycles. The minimum Gasteiger partial charge on any atom is -0.381 e. The predicted molar refractivity (Wildman–Crippen MR) is 129 cm³/mol. The minimum absolute atomic E-state index is 0. The molecule has 1 N–H and O–H groups in total. The number of rotatable bonds is 7. The quantitative estimate of drug-likeness (QED) is 0.324. The van der Waals surface area contributed by atoms with E-state index in [-0.39, 0.29) is 24.0 Å². The van der Waals surface area contributed by atoms with E-state index in [1.54, 1.807) is 6.07 Å². The van der Waals surface area contributed by atoms with E-state index >= 15 is 0 Å². The van der Waals surface area contributed by atoms with Crippen molar-refractivity contribution in [3.8, 4) is 0 Å². The van der Waals surface area contributed by atoms with Gasteiger partial charge in [-0.1, -0.05) is 0 Å². The molecule has 30 heavy (non-hydrogen) atoms. The molecule has 8 heteroatoms. The van der Waals surface area contributed by atoms with Crippen LogP contribution in [0, 0.1) is 23.5 Å². The number of hydrogen-bond donors (Lipinski definition) is 1. The van der Waals surface area contributed by atoms with Crippen molar-refractivity contribution in [1.82, 2.24) is 10.2 Å². The number of anilines is 1. The summed E-state index contributed by atoms with van der Waals surface area (Å²) in [5.41, 5.74) is 0.746. The van der Waals surface area contributed by atoms with Crippen LogP contribution in [0.2, 0.25) is 0 Å². The van der Waals surface area contributed by atoms with Crippen LogP contribution in [0.25, 0.3) is 0 Å². The van der Waals surface area contributed by atoms with E-state index in [0.29, 0.717) is 5.92 Å². The molecule has 2 saturated heterocycles. The number of guanidine groups is 1. The van der Waals surface area contributed by atoms with Crippen molar-refractivity contribution in [2.75, 3.05) is 57.9 Å². The van der Waals surface area contributed by atoms with Crippen LogP contribution in [-0.2, 0) is 4.74 Å². The van der Waals surface area contributed by atoms with Crippen LogP contribution in [-0.4, -0.2) is 63.8 Å². The van der Waals surface area contributed by atoms with Gasteiger partial charge in [0.15, 0.2) is 17.6 Å². The van der Waals surface area contributed by atoms with Crippen molar-refractivity contribution in [2.24, 2.45) is 16.8 Å². The van der Waals surface area contributed by atoms with Gasteiger partial charge >= 0.3 is 0 Å². The number of ether oxygens (including phenoxy) is 1. The van der Waals surface area contributed by atoms with Crippen molar-refractivity contribution in [3.05, 3.63) is 29.8 Å². The first-order valence-electron chi connectivity index (χ1n) is 10.8. The Bertz CT molecular complexity index is 685. The van der Waals surface area contributed by atoms with Gasteiger partial charge in [0, 0.05) is 64.7 Å². The Morgan fingerprint density at radius 2 is 1.97 bits per heavy atom. The number of aliphatic imine (C=N–C) groups is 1.